The Balaban J connectivity index is 1.37. The third-order valence-electron chi connectivity index (χ3n) is 5.68. The average Bonchev–Trinajstić information content (AvgIpc) is 3.13. The molecule has 0 spiro atoms. The minimum Gasteiger partial charge on any atom is -0.369 e. The Kier molecular flexibility index (Phi) is 7.54. The lowest BCUT2D eigenvalue weighted by Crippen LogP contribution is -2.30. The van der Waals surface area contributed by atoms with E-state index in [1.165, 1.54) is 4.90 Å². The molecule has 8 heteroatoms. The van der Waals surface area contributed by atoms with Crippen LogP contribution < -0.4 is 10.6 Å². The summed E-state index contributed by atoms with van der Waals surface area (Å²) in [6, 6.07) is 9.07. The Labute approximate surface area is 204 Å². The number of carbonyl (C=O) groups excluding carboxylic acids is 2. The molecule has 1 aliphatic carbocycles. The van der Waals surface area contributed by atoms with Crippen molar-refractivity contribution in [3.05, 3.63) is 70.6 Å². The topological polar surface area (TPSA) is 111 Å². The van der Waals surface area contributed by atoms with E-state index >= 15 is 0 Å². The van der Waals surface area contributed by atoms with Crippen LogP contribution in [0.3, 0.4) is 0 Å². The molecule has 0 unspecified atom stereocenters. The molecule has 0 saturated carbocycles. The lowest BCUT2D eigenvalue weighted by Gasteiger charge is -2.14. The van der Waals surface area contributed by atoms with Crippen molar-refractivity contribution < 1.29 is 9.59 Å². The number of anilines is 2. The summed E-state index contributed by atoms with van der Waals surface area (Å²) < 4.78 is 0. The predicted molar refractivity (Wildman–Crippen MR) is 133 cm³/mol. The van der Waals surface area contributed by atoms with Crippen LogP contribution in [0.15, 0.2) is 53.9 Å². The minimum absolute atomic E-state index is 0.242. The SMILES string of the molecule is CCCNc1nc(NC2=CC=C(C#N)CC2)ncc1C#CCCCN1C(=O)c2ccccc2C1=O. The molecule has 4 rings (SSSR count). The number of nitrogens with one attached hydrogen (secondary N) is 2. The van der Waals surface area contributed by atoms with Gasteiger partial charge in [-0.25, -0.2) is 4.98 Å². The molecule has 176 valence electrons. The van der Waals surface area contributed by atoms with Crippen molar-refractivity contribution in [3.63, 3.8) is 0 Å². The van der Waals surface area contributed by atoms with Crippen molar-refractivity contribution >= 4 is 23.6 Å². The number of nitrogens with zero attached hydrogens (tertiary/aromatic N) is 4. The summed E-state index contributed by atoms with van der Waals surface area (Å²) in [5, 5.41) is 15.5. The number of allylic oxidation sites excluding steroid dienone is 4. The van der Waals surface area contributed by atoms with Gasteiger partial charge >= 0.3 is 0 Å². The summed E-state index contributed by atoms with van der Waals surface area (Å²) in [4.78, 5) is 35.2. The van der Waals surface area contributed by atoms with Crippen LogP contribution >= 0.6 is 0 Å². The van der Waals surface area contributed by atoms with E-state index < -0.39 is 0 Å². The first kappa shape index (κ1) is 23.7. The Morgan fingerprint density at radius 2 is 1.89 bits per heavy atom. The lowest BCUT2D eigenvalue weighted by atomic mass is 10.0. The molecule has 2 aromatic rings. The largest absolute Gasteiger partial charge is 0.369 e. The number of imide groups is 1. The average molecular weight is 467 g/mol. The molecule has 0 radical (unpaired) electrons. The molecule has 8 nitrogen and oxygen atoms in total. The highest BCUT2D eigenvalue weighted by molar-refractivity contribution is 6.21. The summed E-state index contributed by atoms with van der Waals surface area (Å²) >= 11 is 0. The molecule has 1 aromatic carbocycles. The molecule has 1 aliphatic heterocycles. The number of carbonyl (C=O) groups is 2. The minimum atomic E-state index is -0.242. The zero-order chi connectivity index (χ0) is 24.6. The van der Waals surface area contributed by atoms with Crippen molar-refractivity contribution in [2.45, 2.75) is 39.0 Å². The van der Waals surface area contributed by atoms with Gasteiger partial charge in [-0.15, -0.1) is 0 Å². The smallest absolute Gasteiger partial charge is 0.261 e. The third kappa shape index (κ3) is 5.56. The maximum atomic E-state index is 12.5. The number of nitriles is 1. The van der Waals surface area contributed by atoms with Crippen molar-refractivity contribution in [3.8, 4) is 17.9 Å². The molecule has 0 fully saturated rings. The summed E-state index contributed by atoms with van der Waals surface area (Å²) in [6.07, 6.45) is 8.85. The van der Waals surface area contributed by atoms with E-state index in [4.69, 9.17) is 5.26 Å². The maximum Gasteiger partial charge on any atom is 0.261 e. The zero-order valence-corrected chi connectivity index (χ0v) is 19.6. The van der Waals surface area contributed by atoms with Gasteiger partial charge < -0.3 is 10.6 Å². The van der Waals surface area contributed by atoms with Gasteiger partial charge in [0.05, 0.1) is 29.0 Å². The number of hydrogen-bond donors (Lipinski definition) is 2. The summed E-state index contributed by atoms with van der Waals surface area (Å²) in [5.41, 5.74) is 3.33. The molecule has 2 N–H and O–H groups in total. The first-order valence-corrected chi connectivity index (χ1v) is 11.7. The highest BCUT2D eigenvalue weighted by Gasteiger charge is 2.34. The van der Waals surface area contributed by atoms with E-state index in [0.29, 0.717) is 54.3 Å². The molecule has 1 aromatic heterocycles. The summed E-state index contributed by atoms with van der Waals surface area (Å²) in [6.45, 7) is 3.16. The molecule has 2 amide bonds. The molecule has 2 heterocycles. The molecular weight excluding hydrogens is 440 g/mol. The number of amides is 2. The quantitative estimate of drug-likeness (QED) is 0.340. The summed E-state index contributed by atoms with van der Waals surface area (Å²) in [5.74, 6) is 6.88. The van der Waals surface area contributed by atoms with Gasteiger partial charge in [-0.1, -0.05) is 30.9 Å². The van der Waals surface area contributed by atoms with Gasteiger partial charge in [0.1, 0.15) is 5.82 Å². The highest BCUT2D eigenvalue weighted by Crippen LogP contribution is 2.23. The van der Waals surface area contributed by atoms with Gasteiger partial charge in [-0.05, 0) is 50.0 Å². The maximum absolute atomic E-state index is 12.5. The number of benzene rings is 1. The summed E-state index contributed by atoms with van der Waals surface area (Å²) in [7, 11) is 0. The predicted octanol–water partition coefficient (Wildman–Crippen LogP) is 4.27. The Morgan fingerprint density at radius 1 is 1.11 bits per heavy atom. The van der Waals surface area contributed by atoms with E-state index in [0.717, 1.165) is 30.7 Å². The van der Waals surface area contributed by atoms with E-state index in [-0.39, 0.29) is 11.8 Å². The van der Waals surface area contributed by atoms with E-state index in [9.17, 15) is 9.59 Å². The van der Waals surface area contributed by atoms with Crippen molar-refractivity contribution in [2.75, 3.05) is 23.7 Å². The van der Waals surface area contributed by atoms with Crippen molar-refractivity contribution in [2.24, 2.45) is 0 Å². The standard InChI is InChI=1S/C27H26N6O2/c1-2-15-29-24-20(18-30-27(32-24)31-21-13-11-19(17-28)12-14-21)8-4-3-7-16-33-25(34)22-9-5-6-10-23(22)26(33)35/h5-6,9-11,13,18H,2-3,7,12,14-16H2,1H3,(H2,29,30,31,32). The fourth-order valence-corrected chi connectivity index (χ4v) is 3.82. The van der Waals surface area contributed by atoms with Gasteiger partial charge in [0.25, 0.3) is 11.8 Å². The van der Waals surface area contributed by atoms with Crippen LogP contribution in [-0.4, -0.2) is 39.8 Å². The first-order valence-electron chi connectivity index (χ1n) is 11.7. The van der Waals surface area contributed by atoms with Gasteiger partial charge in [0.2, 0.25) is 5.95 Å². The fraction of sp³-hybridized carbons (Fsp3) is 0.296. The molecular formula is C27H26N6O2. The lowest BCUT2D eigenvalue weighted by molar-refractivity contribution is 0.0653. The second-order valence-corrected chi connectivity index (χ2v) is 8.22. The number of rotatable bonds is 8. The zero-order valence-electron chi connectivity index (χ0n) is 19.6. The molecule has 0 bridgehead atoms. The number of unbranched alkanes of at least 4 members (excludes halogenated alkanes) is 1. The number of hydrogen-bond acceptors (Lipinski definition) is 7. The van der Waals surface area contributed by atoms with Gasteiger partial charge in [0, 0.05) is 30.8 Å². The molecule has 0 atom stereocenters. The van der Waals surface area contributed by atoms with Gasteiger partial charge in [-0.2, -0.15) is 10.2 Å². The highest BCUT2D eigenvalue weighted by atomic mass is 16.2. The van der Waals surface area contributed by atoms with Crippen LogP contribution in [0.1, 0.15) is 65.3 Å². The van der Waals surface area contributed by atoms with E-state index in [2.05, 4.69) is 45.4 Å². The number of fused-ring (bicyclic) bond motifs is 1. The Bertz CT molecular complexity index is 1270. The fourth-order valence-electron chi connectivity index (χ4n) is 3.82. The van der Waals surface area contributed by atoms with Crippen molar-refractivity contribution in [1.29, 1.82) is 5.26 Å². The monoisotopic (exact) mass is 466 g/mol. The van der Waals surface area contributed by atoms with Crippen LogP contribution in [0.2, 0.25) is 0 Å². The number of aromatic nitrogens is 2. The van der Waals surface area contributed by atoms with Crippen LogP contribution in [0.25, 0.3) is 0 Å². The first-order chi connectivity index (χ1) is 17.1. The van der Waals surface area contributed by atoms with Crippen LogP contribution in [0.4, 0.5) is 11.8 Å². The van der Waals surface area contributed by atoms with Gasteiger partial charge in [-0.3, -0.25) is 14.5 Å². The Morgan fingerprint density at radius 3 is 2.54 bits per heavy atom. The second-order valence-electron chi connectivity index (χ2n) is 8.22. The third-order valence-corrected chi connectivity index (χ3v) is 5.68. The van der Waals surface area contributed by atoms with Crippen LogP contribution in [-0.2, 0) is 0 Å². The Hall–Kier alpha value is -4.43. The molecule has 35 heavy (non-hydrogen) atoms. The van der Waals surface area contributed by atoms with Gasteiger partial charge in [0.15, 0.2) is 0 Å². The normalized spacial score (nSPS) is 14.3. The molecule has 2 aliphatic rings. The molecule has 0 saturated heterocycles. The van der Waals surface area contributed by atoms with Crippen LogP contribution in [0, 0.1) is 23.2 Å². The van der Waals surface area contributed by atoms with Crippen LogP contribution in [0.5, 0.6) is 0 Å². The van der Waals surface area contributed by atoms with E-state index in [1.807, 2.05) is 12.2 Å². The van der Waals surface area contributed by atoms with Crippen molar-refractivity contribution in [1.82, 2.24) is 14.9 Å². The second kappa shape index (κ2) is 11.1. The van der Waals surface area contributed by atoms with E-state index in [1.54, 1.807) is 30.5 Å².